The first-order valence-corrected chi connectivity index (χ1v) is 9.65. The summed E-state index contributed by atoms with van der Waals surface area (Å²) in [6.45, 7) is 6.02. The highest BCUT2D eigenvalue weighted by molar-refractivity contribution is 6.21. The van der Waals surface area contributed by atoms with Gasteiger partial charge in [0.15, 0.2) is 0 Å². The SMILES string of the molecule is COc1cccc(-c2cc(C)c(C)cc2C(C)N2C(=O)c3ccccc3C2=O)c1. The molecule has 4 nitrogen and oxygen atoms in total. The monoisotopic (exact) mass is 385 g/mol. The fourth-order valence-electron chi connectivity index (χ4n) is 3.92. The Labute approximate surface area is 170 Å². The van der Waals surface area contributed by atoms with E-state index in [9.17, 15) is 9.59 Å². The lowest BCUT2D eigenvalue weighted by Gasteiger charge is -2.26. The van der Waals surface area contributed by atoms with Crippen molar-refractivity contribution in [2.75, 3.05) is 7.11 Å². The number of methoxy groups -OCH3 is 1. The summed E-state index contributed by atoms with van der Waals surface area (Å²) < 4.78 is 5.39. The van der Waals surface area contributed by atoms with Crippen LogP contribution in [0.4, 0.5) is 0 Å². The quantitative estimate of drug-likeness (QED) is 0.570. The molecule has 3 aromatic rings. The van der Waals surface area contributed by atoms with E-state index in [1.807, 2.05) is 38.1 Å². The van der Waals surface area contributed by atoms with Crippen LogP contribution in [0.2, 0.25) is 0 Å². The maximum absolute atomic E-state index is 13.0. The van der Waals surface area contributed by atoms with Crippen molar-refractivity contribution in [2.45, 2.75) is 26.8 Å². The summed E-state index contributed by atoms with van der Waals surface area (Å²) in [5, 5.41) is 0. The number of fused-ring (bicyclic) bond motifs is 1. The number of amides is 2. The molecule has 1 aliphatic heterocycles. The predicted octanol–water partition coefficient (Wildman–Crippen LogP) is 5.34. The van der Waals surface area contributed by atoms with Crippen molar-refractivity contribution in [2.24, 2.45) is 0 Å². The fourth-order valence-corrected chi connectivity index (χ4v) is 3.92. The molecule has 2 amide bonds. The molecule has 4 heteroatoms. The van der Waals surface area contributed by atoms with Crippen LogP contribution in [0, 0.1) is 13.8 Å². The van der Waals surface area contributed by atoms with Crippen molar-refractivity contribution < 1.29 is 14.3 Å². The molecule has 0 bridgehead atoms. The molecule has 1 aliphatic rings. The summed E-state index contributed by atoms with van der Waals surface area (Å²) in [6, 6.07) is 18.6. The van der Waals surface area contributed by atoms with Crippen LogP contribution in [-0.2, 0) is 0 Å². The molecule has 29 heavy (non-hydrogen) atoms. The van der Waals surface area contributed by atoms with Crippen molar-refractivity contribution in [3.05, 3.63) is 88.5 Å². The number of hydrogen-bond acceptors (Lipinski definition) is 3. The Hall–Kier alpha value is -3.40. The number of carbonyl (C=O) groups excluding carboxylic acids is 2. The Balaban J connectivity index is 1.84. The zero-order chi connectivity index (χ0) is 20.7. The lowest BCUT2D eigenvalue weighted by Crippen LogP contribution is -2.33. The lowest BCUT2D eigenvalue weighted by atomic mass is 9.90. The van der Waals surface area contributed by atoms with Crippen LogP contribution >= 0.6 is 0 Å². The third-order valence-corrected chi connectivity index (χ3v) is 5.71. The smallest absolute Gasteiger partial charge is 0.262 e. The highest BCUT2D eigenvalue weighted by atomic mass is 16.5. The average molecular weight is 385 g/mol. The van der Waals surface area contributed by atoms with Gasteiger partial charge < -0.3 is 4.74 Å². The molecule has 0 radical (unpaired) electrons. The highest BCUT2D eigenvalue weighted by Gasteiger charge is 2.39. The van der Waals surface area contributed by atoms with Gasteiger partial charge in [-0.15, -0.1) is 0 Å². The molecule has 1 heterocycles. The first kappa shape index (κ1) is 18.9. The maximum atomic E-state index is 13.0. The number of carbonyl (C=O) groups is 2. The minimum absolute atomic E-state index is 0.243. The Morgan fingerprint density at radius 3 is 2.03 bits per heavy atom. The van der Waals surface area contributed by atoms with Crippen LogP contribution in [0.1, 0.15) is 50.4 Å². The molecule has 0 aliphatic carbocycles. The normalized spacial score (nSPS) is 14.1. The van der Waals surface area contributed by atoms with E-state index in [0.29, 0.717) is 11.1 Å². The second-order valence-corrected chi connectivity index (χ2v) is 7.46. The summed E-state index contributed by atoms with van der Waals surface area (Å²) in [5.74, 6) is 0.279. The van der Waals surface area contributed by atoms with E-state index in [1.165, 1.54) is 4.90 Å². The second kappa shape index (κ2) is 7.21. The lowest BCUT2D eigenvalue weighted by molar-refractivity contribution is 0.0595. The maximum Gasteiger partial charge on any atom is 0.262 e. The van der Waals surface area contributed by atoms with Gasteiger partial charge in [0.1, 0.15) is 5.75 Å². The van der Waals surface area contributed by atoms with Gasteiger partial charge in [0.25, 0.3) is 11.8 Å². The molecule has 3 aromatic carbocycles. The molecular formula is C25H23NO3. The number of hydrogen-bond donors (Lipinski definition) is 0. The fraction of sp³-hybridized carbons (Fsp3) is 0.200. The molecule has 0 spiro atoms. The molecule has 0 aromatic heterocycles. The van der Waals surface area contributed by atoms with Crippen molar-refractivity contribution in [1.82, 2.24) is 4.90 Å². The molecule has 0 saturated heterocycles. The van der Waals surface area contributed by atoms with E-state index in [0.717, 1.165) is 33.6 Å². The summed E-state index contributed by atoms with van der Waals surface area (Å²) in [6.07, 6.45) is 0. The number of rotatable bonds is 4. The van der Waals surface area contributed by atoms with Crippen LogP contribution in [0.3, 0.4) is 0 Å². The third-order valence-electron chi connectivity index (χ3n) is 5.71. The Bertz CT molecular complexity index is 1100. The van der Waals surface area contributed by atoms with Crippen molar-refractivity contribution in [3.63, 3.8) is 0 Å². The van der Waals surface area contributed by atoms with E-state index in [-0.39, 0.29) is 11.8 Å². The summed E-state index contributed by atoms with van der Waals surface area (Å²) in [5.41, 5.74) is 6.14. The van der Waals surface area contributed by atoms with Gasteiger partial charge in [-0.05, 0) is 72.9 Å². The molecular weight excluding hydrogens is 362 g/mol. The third kappa shape index (κ3) is 3.11. The van der Waals surface area contributed by atoms with Crippen LogP contribution in [0.15, 0.2) is 60.7 Å². The zero-order valence-electron chi connectivity index (χ0n) is 17.0. The molecule has 1 atom stereocenters. The van der Waals surface area contributed by atoms with E-state index in [1.54, 1.807) is 31.4 Å². The highest BCUT2D eigenvalue weighted by Crippen LogP contribution is 2.38. The van der Waals surface area contributed by atoms with Crippen molar-refractivity contribution in [3.8, 4) is 16.9 Å². The molecule has 1 unspecified atom stereocenters. The number of ether oxygens (including phenoxy) is 1. The Morgan fingerprint density at radius 2 is 1.41 bits per heavy atom. The van der Waals surface area contributed by atoms with Crippen LogP contribution in [0.5, 0.6) is 5.75 Å². The molecule has 0 fully saturated rings. The minimum atomic E-state index is -0.400. The van der Waals surface area contributed by atoms with E-state index in [4.69, 9.17) is 4.74 Å². The molecule has 0 saturated carbocycles. The molecule has 146 valence electrons. The van der Waals surface area contributed by atoms with Crippen LogP contribution in [-0.4, -0.2) is 23.8 Å². The predicted molar refractivity (Wildman–Crippen MR) is 113 cm³/mol. The van der Waals surface area contributed by atoms with Crippen LogP contribution < -0.4 is 4.74 Å². The topological polar surface area (TPSA) is 46.6 Å². The average Bonchev–Trinajstić information content (AvgIpc) is 3.00. The van der Waals surface area contributed by atoms with Gasteiger partial charge in [-0.2, -0.15) is 0 Å². The van der Waals surface area contributed by atoms with Crippen molar-refractivity contribution in [1.29, 1.82) is 0 Å². The molecule has 4 rings (SSSR count). The van der Waals surface area contributed by atoms with Gasteiger partial charge in [-0.1, -0.05) is 36.4 Å². The van der Waals surface area contributed by atoms with Gasteiger partial charge in [0.05, 0.1) is 24.3 Å². The minimum Gasteiger partial charge on any atom is -0.497 e. The van der Waals surface area contributed by atoms with Crippen molar-refractivity contribution >= 4 is 11.8 Å². The number of aryl methyl sites for hydroxylation is 2. The summed E-state index contributed by atoms with van der Waals surface area (Å²) >= 11 is 0. The number of imide groups is 1. The van der Waals surface area contributed by atoms with Gasteiger partial charge in [0, 0.05) is 0 Å². The largest absolute Gasteiger partial charge is 0.497 e. The van der Waals surface area contributed by atoms with E-state index >= 15 is 0 Å². The first-order chi connectivity index (χ1) is 13.9. The number of nitrogens with zero attached hydrogens (tertiary/aromatic N) is 1. The van der Waals surface area contributed by atoms with E-state index in [2.05, 4.69) is 19.1 Å². The molecule has 0 N–H and O–H groups in total. The van der Waals surface area contributed by atoms with Gasteiger partial charge in [-0.25, -0.2) is 0 Å². The van der Waals surface area contributed by atoms with E-state index < -0.39 is 6.04 Å². The summed E-state index contributed by atoms with van der Waals surface area (Å²) in [4.78, 5) is 27.4. The summed E-state index contributed by atoms with van der Waals surface area (Å²) in [7, 11) is 1.64. The zero-order valence-corrected chi connectivity index (χ0v) is 17.0. The Morgan fingerprint density at radius 1 is 0.793 bits per heavy atom. The second-order valence-electron chi connectivity index (χ2n) is 7.46. The standard InChI is InChI=1S/C25H23NO3/c1-15-12-22(23(13-16(15)2)18-8-7-9-19(14-18)29-4)17(3)26-24(27)20-10-5-6-11-21(20)25(26)28/h5-14,17H,1-4H3. The Kier molecular flexibility index (Phi) is 4.71. The number of benzene rings is 3. The van der Waals surface area contributed by atoms with Crippen LogP contribution in [0.25, 0.3) is 11.1 Å². The van der Waals surface area contributed by atoms with Gasteiger partial charge in [-0.3, -0.25) is 14.5 Å². The van der Waals surface area contributed by atoms with Gasteiger partial charge in [0.2, 0.25) is 0 Å². The van der Waals surface area contributed by atoms with Gasteiger partial charge >= 0.3 is 0 Å². The first-order valence-electron chi connectivity index (χ1n) is 9.65.